The molecule has 2 atom stereocenters. The van der Waals surface area contributed by atoms with Crippen molar-refractivity contribution in [1.29, 1.82) is 0 Å². The van der Waals surface area contributed by atoms with E-state index in [9.17, 15) is 5.11 Å². The van der Waals surface area contributed by atoms with Crippen LogP contribution in [0.5, 0.6) is 0 Å². The second-order valence-electron chi connectivity index (χ2n) is 5.04. The van der Waals surface area contributed by atoms with Crippen LogP contribution in [-0.2, 0) is 0 Å². The summed E-state index contributed by atoms with van der Waals surface area (Å²) in [6.45, 7) is 6.34. The normalized spacial score (nSPS) is 25.0. The lowest BCUT2D eigenvalue weighted by molar-refractivity contribution is 0.255. The fraction of sp³-hybridized carbons (Fsp3) is 0.571. The molecule has 100 valence electrons. The van der Waals surface area contributed by atoms with Crippen molar-refractivity contribution in [3.8, 4) is 0 Å². The lowest BCUT2D eigenvalue weighted by Crippen LogP contribution is -2.46. The van der Waals surface area contributed by atoms with Gasteiger partial charge in [0, 0.05) is 17.1 Å². The van der Waals surface area contributed by atoms with E-state index in [2.05, 4.69) is 58.2 Å². The Morgan fingerprint density at radius 1 is 1.50 bits per heavy atom. The molecule has 1 aromatic rings. The van der Waals surface area contributed by atoms with Crippen LogP contribution in [0.3, 0.4) is 0 Å². The van der Waals surface area contributed by atoms with E-state index in [1.807, 2.05) is 0 Å². The van der Waals surface area contributed by atoms with Crippen molar-refractivity contribution in [3.63, 3.8) is 0 Å². The summed E-state index contributed by atoms with van der Waals surface area (Å²) in [6.07, 6.45) is 1.09. The molecule has 2 unspecified atom stereocenters. The van der Waals surface area contributed by atoms with E-state index in [4.69, 9.17) is 0 Å². The zero-order valence-corrected chi connectivity index (χ0v) is 12.6. The molecule has 0 bridgehead atoms. The highest BCUT2D eigenvalue weighted by Crippen LogP contribution is 2.31. The van der Waals surface area contributed by atoms with Gasteiger partial charge in [0.15, 0.2) is 0 Å². The van der Waals surface area contributed by atoms with Crippen LogP contribution in [0.25, 0.3) is 0 Å². The lowest BCUT2D eigenvalue weighted by Gasteiger charge is -2.36. The van der Waals surface area contributed by atoms with Crippen molar-refractivity contribution in [2.75, 3.05) is 24.6 Å². The molecule has 0 aliphatic carbocycles. The largest absolute Gasteiger partial charge is 0.394 e. The maximum absolute atomic E-state index is 9.61. The van der Waals surface area contributed by atoms with Gasteiger partial charge in [-0.3, -0.25) is 0 Å². The van der Waals surface area contributed by atoms with Crippen LogP contribution in [0, 0.1) is 6.92 Å². The van der Waals surface area contributed by atoms with Gasteiger partial charge in [0.2, 0.25) is 0 Å². The molecular weight excluding hydrogens is 292 g/mol. The molecule has 1 saturated heterocycles. The molecule has 4 heteroatoms. The minimum absolute atomic E-state index is 0.140. The Balaban J connectivity index is 2.36. The smallest absolute Gasteiger partial charge is 0.0648 e. The highest BCUT2D eigenvalue weighted by atomic mass is 79.9. The molecule has 1 aliphatic heterocycles. The third-order valence-corrected chi connectivity index (χ3v) is 4.21. The van der Waals surface area contributed by atoms with Gasteiger partial charge in [-0.1, -0.05) is 6.07 Å². The van der Waals surface area contributed by atoms with Gasteiger partial charge < -0.3 is 15.3 Å². The SMILES string of the molecule is Cc1ccc(N2C(C)CCNCC2CO)c(Br)c1. The molecule has 0 saturated carbocycles. The van der Waals surface area contributed by atoms with E-state index in [0.29, 0.717) is 6.04 Å². The summed E-state index contributed by atoms with van der Waals surface area (Å²) < 4.78 is 1.11. The van der Waals surface area contributed by atoms with Crippen molar-refractivity contribution in [2.45, 2.75) is 32.4 Å². The van der Waals surface area contributed by atoms with Gasteiger partial charge in [-0.05, 0) is 60.4 Å². The maximum Gasteiger partial charge on any atom is 0.0648 e. The van der Waals surface area contributed by atoms with Gasteiger partial charge in [0.1, 0.15) is 0 Å². The first-order valence-corrected chi connectivity index (χ1v) is 7.29. The molecule has 2 N–H and O–H groups in total. The maximum atomic E-state index is 9.61. The van der Waals surface area contributed by atoms with Gasteiger partial charge >= 0.3 is 0 Å². The van der Waals surface area contributed by atoms with Gasteiger partial charge in [0.05, 0.1) is 18.3 Å². The van der Waals surface area contributed by atoms with E-state index in [1.165, 1.54) is 11.3 Å². The van der Waals surface area contributed by atoms with Crippen LogP contribution in [0.15, 0.2) is 22.7 Å². The number of benzene rings is 1. The van der Waals surface area contributed by atoms with Crippen LogP contribution in [0.1, 0.15) is 18.9 Å². The summed E-state index contributed by atoms with van der Waals surface area (Å²) in [5.74, 6) is 0. The standard InChI is InChI=1S/C14H21BrN2O/c1-10-3-4-14(13(15)7-10)17-11(2)5-6-16-8-12(17)9-18/h3-4,7,11-12,16,18H,5-6,8-9H2,1-2H3. The summed E-state index contributed by atoms with van der Waals surface area (Å²) in [4.78, 5) is 2.34. The van der Waals surface area contributed by atoms with E-state index in [0.717, 1.165) is 24.0 Å². The number of aliphatic hydroxyl groups excluding tert-OH is 1. The minimum atomic E-state index is 0.140. The molecule has 0 spiro atoms. The fourth-order valence-electron chi connectivity index (χ4n) is 2.58. The molecule has 2 rings (SSSR count). The Morgan fingerprint density at radius 2 is 2.28 bits per heavy atom. The molecule has 0 amide bonds. The first-order chi connectivity index (χ1) is 8.63. The van der Waals surface area contributed by atoms with Crippen molar-refractivity contribution < 1.29 is 5.11 Å². The average molecular weight is 313 g/mol. The number of hydrogen-bond acceptors (Lipinski definition) is 3. The van der Waals surface area contributed by atoms with Crippen LogP contribution in [0.2, 0.25) is 0 Å². The number of rotatable bonds is 2. The van der Waals surface area contributed by atoms with E-state index in [-0.39, 0.29) is 12.6 Å². The van der Waals surface area contributed by atoms with Crippen LogP contribution >= 0.6 is 15.9 Å². The molecule has 0 radical (unpaired) electrons. The Hall–Kier alpha value is -0.580. The Bertz CT molecular complexity index is 411. The monoisotopic (exact) mass is 312 g/mol. The second-order valence-corrected chi connectivity index (χ2v) is 5.89. The van der Waals surface area contributed by atoms with Crippen molar-refractivity contribution in [1.82, 2.24) is 5.32 Å². The average Bonchev–Trinajstić information content (AvgIpc) is 2.51. The Morgan fingerprint density at radius 3 is 2.94 bits per heavy atom. The summed E-state index contributed by atoms with van der Waals surface area (Å²) in [7, 11) is 0. The molecule has 0 aromatic heterocycles. The molecular formula is C14H21BrN2O. The Kier molecular flexibility index (Phi) is 4.65. The summed E-state index contributed by atoms with van der Waals surface area (Å²) in [5, 5.41) is 13.0. The summed E-state index contributed by atoms with van der Waals surface area (Å²) >= 11 is 3.65. The van der Waals surface area contributed by atoms with Gasteiger partial charge in [-0.2, -0.15) is 0 Å². The van der Waals surface area contributed by atoms with Gasteiger partial charge in [-0.15, -0.1) is 0 Å². The van der Waals surface area contributed by atoms with Crippen LogP contribution in [0.4, 0.5) is 5.69 Å². The summed E-state index contributed by atoms with van der Waals surface area (Å²) in [5.41, 5.74) is 2.42. The molecule has 18 heavy (non-hydrogen) atoms. The number of aliphatic hydroxyl groups is 1. The first-order valence-electron chi connectivity index (χ1n) is 6.49. The predicted molar refractivity (Wildman–Crippen MR) is 79.2 cm³/mol. The zero-order valence-electron chi connectivity index (χ0n) is 11.0. The quantitative estimate of drug-likeness (QED) is 0.879. The third-order valence-electron chi connectivity index (χ3n) is 3.58. The third kappa shape index (κ3) is 2.87. The summed E-state index contributed by atoms with van der Waals surface area (Å²) in [6, 6.07) is 6.97. The number of nitrogens with one attached hydrogen (secondary N) is 1. The van der Waals surface area contributed by atoms with Crippen LogP contribution in [-0.4, -0.2) is 36.9 Å². The second kappa shape index (κ2) is 6.04. The minimum Gasteiger partial charge on any atom is -0.394 e. The van der Waals surface area contributed by atoms with Crippen LogP contribution < -0.4 is 10.2 Å². The number of aryl methyl sites for hydroxylation is 1. The number of halogens is 1. The number of hydrogen-bond donors (Lipinski definition) is 2. The molecule has 1 fully saturated rings. The van der Waals surface area contributed by atoms with E-state index in [1.54, 1.807) is 0 Å². The molecule has 1 aliphatic rings. The molecule has 1 aromatic carbocycles. The first kappa shape index (κ1) is 13.8. The molecule has 1 heterocycles. The molecule has 3 nitrogen and oxygen atoms in total. The number of anilines is 1. The fourth-order valence-corrected chi connectivity index (χ4v) is 3.28. The lowest BCUT2D eigenvalue weighted by atomic mass is 10.1. The number of nitrogens with zero attached hydrogens (tertiary/aromatic N) is 1. The van der Waals surface area contributed by atoms with Crippen molar-refractivity contribution in [2.24, 2.45) is 0 Å². The highest BCUT2D eigenvalue weighted by Gasteiger charge is 2.26. The zero-order chi connectivity index (χ0) is 13.1. The van der Waals surface area contributed by atoms with Gasteiger partial charge in [0.25, 0.3) is 0 Å². The highest BCUT2D eigenvalue weighted by molar-refractivity contribution is 9.10. The van der Waals surface area contributed by atoms with Gasteiger partial charge in [-0.25, -0.2) is 0 Å². The Labute approximate surface area is 117 Å². The predicted octanol–water partition coefficient (Wildman–Crippen LogP) is 2.31. The van der Waals surface area contributed by atoms with Crippen molar-refractivity contribution >= 4 is 21.6 Å². The van der Waals surface area contributed by atoms with E-state index < -0.39 is 0 Å². The van der Waals surface area contributed by atoms with E-state index >= 15 is 0 Å². The topological polar surface area (TPSA) is 35.5 Å². The van der Waals surface area contributed by atoms with Crippen molar-refractivity contribution in [3.05, 3.63) is 28.2 Å².